The number of benzene rings is 2. The predicted octanol–water partition coefficient (Wildman–Crippen LogP) is 4.63. The van der Waals surface area contributed by atoms with Crippen LogP contribution in [-0.2, 0) is 14.3 Å². The molecule has 3 rings (SSSR count). The van der Waals surface area contributed by atoms with E-state index in [9.17, 15) is 14.7 Å². The molecular formula is C26H31NO5. The number of amides is 1. The van der Waals surface area contributed by atoms with E-state index in [1.54, 1.807) is 19.2 Å². The van der Waals surface area contributed by atoms with E-state index in [4.69, 9.17) is 9.47 Å². The van der Waals surface area contributed by atoms with Crippen LogP contribution in [0.15, 0.2) is 54.1 Å². The van der Waals surface area contributed by atoms with E-state index in [2.05, 4.69) is 6.92 Å². The van der Waals surface area contributed by atoms with E-state index in [0.29, 0.717) is 37.5 Å². The molecule has 0 aliphatic carbocycles. The third-order valence-corrected chi connectivity index (χ3v) is 5.55. The van der Waals surface area contributed by atoms with Crippen molar-refractivity contribution in [3.63, 3.8) is 0 Å². The molecule has 1 heterocycles. The molecule has 2 aromatic carbocycles. The van der Waals surface area contributed by atoms with Gasteiger partial charge in [-0.2, -0.15) is 0 Å². The number of likely N-dealkylation sites (tertiary alicyclic amines) is 1. The SMILES string of the molecule is CCCCOc1cccc(C2C(=C(O)c3ccc(C)cc3)C(=O)C(=O)N2CCCOC)c1. The first kappa shape index (κ1) is 23.5. The Morgan fingerprint density at radius 1 is 1.06 bits per heavy atom. The van der Waals surface area contributed by atoms with Crippen LogP contribution in [0.4, 0.5) is 0 Å². The zero-order valence-electron chi connectivity index (χ0n) is 19.0. The van der Waals surface area contributed by atoms with E-state index in [1.165, 1.54) is 4.90 Å². The van der Waals surface area contributed by atoms with Crippen molar-refractivity contribution in [3.05, 3.63) is 70.8 Å². The van der Waals surface area contributed by atoms with Gasteiger partial charge in [0.2, 0.25) is 0 Å². The zero-order chi connectivity index (χ0) is 23.1. The summed E-state index contributed by atoms with van der Waals surface area (Å²) >= 11 is 0. The number of carbonyl (C=O) groups excluding carboxylic acids is 2. The number of nitrogens with zero attached hydrogens (tertiary/aromatic N) is 1. The molecule has 0 saturated carbocycles. The van der Waals surface area contributed by atoms with Crippen molar-refractivity contribution in [3.8, 4) is 5.75 Å². The second-order valence-electron chi connectivity index (χ2n) is 7.98. The van der Waals surface area contributed by atoms with Crippen LogP contribution in [0.25, 0.3) is 5.76 Å². The van der Waals surface area contributed by atoms with Gasteiger partial charge < -0.3 is 19.5 Å². The molecule has 32 heavy (non-hydrogen) atoms. The topological polar surface area (TPSA) is 76.1 Å². The summed E-state index contributed by atoms with van der Waals surface area (Å²) in [7, 11) is 1.60. The maximum Gasteiger partial charge on any atom is 0.295 e. The highest BCUT2D eigenvalue weighted by molar-refractivity contribution is 6.46. The van der Waals surface area contributed by atoms with Gasteiger partial charge in [-0.3, -0.25) is 9.59 Å². The Bertz CT molecular complexity index is 980. The number of aliphatic hydroxyl groups is 1. The number of Topliss-reactive ketones (excluding diaryl/α,β-unsaturated/α-hetero) is 1. The molecule has 1 aliphatic heterocycles. The molecule has 1 aliphatic rings. The summed E-state index contributed by atoms with van der Waals surface area (Å²) in [5.41, 5.74) is 2.37. The fraction of sp³-hybridized carbons (Fsp3) is 0.385. The van der Waals surface area contributed by atoms with Crippen molar-refractivity contribution < 1.29 is 24.2 Å². The number of carbonyl (C=O) groups is 2. The minimum absolute atomic E-state index is 0.0991. The number of aliphatic hydroxyl groups excluding tert-OH is 1. The molecule has 1 N–H and O–H groups in total. The van der Waals surface area contributed by atoms with E-state index in [-0.39, 0.29) is 11.3 Å². The molecule has 170 valence electrons. The van der Waals surface area contributed by atoms with E-state index >= 15 is 0 Å². The summed E-state index contributed by atoms with van der Waals surface area (Å²) in [5, 5.41) is 11.1. The maximum absolute atomic E-state index is 13.0. The number of ether oxygens (including phenoxy) is 2. The molecule has 1 fully saturated rings. The first-order chi connectivity index (χ1) is 15.5. The number of ketones is 1. The predicted molar refractivity (Wildman–Crippen MR) is 124 cm³/mol. The normalized spacial score (nSPS) is 17.7. The van der Waals surface area contributed by atoms with Crippen LogP contribution in [-0.4, -0.2) is 48.6 Å². The van der Waals surface area contributed by atoms with Crippen LogP contribution >= 0.6 is 0 Å². The number of aryl methyl sites for hydroxylation is 1. The molecule has 1 atom stereocenters. The van der Waals surface area contributed by atoms with Crippen LogP contribution in [0.5, 0.6) is 5.75 Å². The van der Waals surface area contributed by atoms with E-state index < -0.39 is 17.7 Å². The summed E-state index contributed by atoms with van der Waals surface area (Å²) < 4.78 is 11.0. The minimum Gasteiger partial charge on any atom is -0.507 e. The lowest BCUT2D eigenvalue weighted by atomic mass is 9.95. The van der Waals surface area contributed by atoms with Gasteiger partial charge in [0.05, 0.1) is 18.2 Å². The number of hydrogen-bond donors (Lipinski definition) is 1. The average Bonchev–Trinajstić information content (AvgIpc) is 3.05. The smallest absolute Gasteiger partial charge is 0.295 e. The summed E-state index contributed by atoms with van der Waals surface area (Å²) in [6.45, 7) is 5.45. The van der Waals surface area contributed by atoms with Crippen LogP contribution < -0.4 is 4.74 Å². The highest BCUT2D eigenvalue weighted by atomic mass is 16.5. The highest BCUT2D eigenvalue weighted by Crippen LogP contribution is 2.40. The molecule has 0 aromatic heterocycles. The Hall–Kier alpha value is -3.12. The summed E-state index contributed by atoms with van der Waals surface area (Å²) in [6.07, 6.45) is 2.54. The molecule has 1 amide bonds. The molecule has 1 saturated heterocycles. The second kappa shape index (κ2) is 11.0. The van der Waals surface area contributed by atoms with Crippen molar-refractivity contribution in [1.82, 2.24) is 4.90 Å². The Morgan fingerprint density at radius 3 is 2.50 bits per heavy atom. The Labute approximate surface area is 189 Å². The lowest BCUT2D eigenvalue weighted by Gasteiger charge is -2.25. The number of hydrogen-bond acceptors (Lipinski definition) is 5. The van der Waals surface area contributed by atoms with Crippen LogP contribution in [0.2, 0.25) is 0 Å². The molecule has 0 radical (unpaired) electrons. The van der Waals surface area contributed by atoms with Crippen molar-refractivity contribution >= 4 is 17.4 Å². The summed E-state index contributed by atoms with van der Waals surface area (Å²) in [4.78, 5) is 27.5. The van der Waals surface area contributed by atoms with E-state index in [1.807, 2.05) is 43.3 Å². The molecule has 6 nitrogen and oxygen atoms in total. The Balaban J connectivity index is 2.05. The van der Waals surface area contributed by atoms with Gasteiger partial charge in [-0.15, -0.1) is 0 Å². The third-order valence-electron chi connectivity index (χ3n) is 5.55. The maximum atomic E-state index is 13.0. The molecule has 1 unspecified atom stereocenters. The average molecular weight is 438 g/mol. The minimum atomic E-state index is -0.692. The zero-order valence-corrected chi connectivity index (χ0v) is 19.0. The summed E-state index contributed by atoms with van der Waals surface area (Å²) in [5.74, 6) is -0.784. The van der Waals surface area contributed by atoms with Gasteiger partial charge in [0, 0.05) is 25.8 Å². The van der Waals surface area contributed by atoms with E-state index in [0.717, 1.165) is 24.0 Å². The number of unbranched alkanes of at least 4 members (excludes halogenated alkanes) is 1. The van der Waals surface area contributed by atoms with Crippen molar-refractivity contribution in [2.75, 3.05) is 26.9 Å². The van der Waals surface area contributed by atoms with Crippen LogP contribution in [0.1, 0.15) is 48.9 Å². The molecule has 2 aromatic rings. The van der Waals surface area contributed by atoms with Crippen molar-refractivity contribution in [2.24, 2.45) is 0 Å². The van der Waals surface area contributed by atoms with Gasteiger partial charge in [-0.25, -0.2) is 0 Å². The number of methoxy groups -OCH3 is 1. The fourth-order valence-corrected chi connectivity index (χ4v) is 3.81. The second-order valence-corrected chi connectivity index (χ2v) is 7.98. The molecule has 0 bridgehead atoms. The van der Waals surface area contributed by atoms with Gasteiger partial charge in [0.1, 0.15) is 11.5 Å². The van der Waals surface area contributed by atoms with Crippen molar-refractivity contribution in [2.45, 2.75) is 39.2 Å². The first-order valence-corrected chi connectivity index (χ1v) is 11.0. The lowest BCUT2D eigenvalue weighted by molar-refractivity contribution is -0.140. The van der Waals surface area contributed by atoms with Gasteiger partial charge in [-0.05, 0) is 37.5 Å². The quantitative estimate of drug-likeness (QED) is 0.254. The standard InChI is InChI=1S/C26H31NO5/c1-4-5-16-32-21-9-6-8-20(17-21)23-22(24(28)19-12-10-18(2)11-13-19)25(29)26(30)27(23)14-7-15-31-3/h6,8-13,17,23,28H,4-5,7,14-16H2,1-3H3. The molecule has 6 heteroatoms. The lowest BCUT2D eigenvalue weighted by Crippen LogP contribution is -2.31. The van der Waals surface area contributed by atoms with Crippen LogP contribution in [0, 0.1) is 6.92 Å². The Kier molecular flexibility index (Phi) is 8.06. The van der Waals surface area contributed by atoms with Gasteiger partial charge in [0.15, 0.2) is 0 Å². The van der Waals surface area contributed by atoms with Gasteiger partial charge >= 0.3 is 0 Å². The molecule has 0 spiro atoms. The number of rotatable bonds is 10. The van der Waals surface area contributed by atoms with Gasteiger partial charge in [-0.1, -0.05) is 55.3 Å². The molecular weight excluding hydrogens is 406 g/mol. The Morgan fingerprint density at radius 2 is 1.81 bits per heavy atom. The largest absolute Gasteiger partial charge is 0.507 e. The first-order valence-electron chi connectivity index (χ1n) is 11.0. The van der Waals surface area contributed by atoms with Crippen LogP contribution in [0.3, 0.4) is 0 Å². The van der Waals surface area contributed by atoms with Crippen molar-refractivity contribution in [1.29, 1.82) is 0 Å². The monoisotopic (exact) mass is 437 g/mol. The van der Waals surface area contributed by atoms with Gasteiger partial charge in [0.25, 0.3) is 11.7 Å². The summed E-state index contributed by atoms with van der Waals surface area (Å²) in [6, 6.07) is 13.9. The fourth-order valence-electron chi connectivity index (χ4n) is 3.81. The highest BCUT2D eigenvalue weighted by Gasteiger charge is 2.45. The third kappa shape index (κ3) is 5.19.